The molecule has 0 aliphatic heterocycles. The van der Waals surface area contributed by atoms with Gasteiger partial charge in [0.2, 0.25) is 5.95 Å². The number of halogens is 1. The molecular formula is C17H21BrN4O2. The fourth-order valence-electron chi connectivity index (χ4n) is 2.46. The summed E-state index contributed by atoms with van der Waals surface area (Å²) in [6.07, 6.45) is 4.97. The number of methoxy groups -OCH3 is 2. The smallest absolute Gasteiger partial charge is 0.229 e. The van der Waals surface area contributed by atoms with Crippen molar-refractivity contribution in [1.29, 1.82) is 0 Å². The number of ether oxygens (including phenoxy) is 2. The van der Waals surface area contributed by atoms with Gasteiger partial charge in [0.05, 0.1) is 18.7 Å². The van der Waals surface area contributed by atoms with Gasteiger partial charge in [-0.2, -0.15) is 4.98 Å². The van der Waals surface area contributed by atoms with Crippen LogP contribution in [0.5, 0.6) is 11.5 Å². The summed E-state index contributed by atoms with van der Waals surface area (Å²) >= 11 is 3.48. The van der Waals surface area contributed by atoms with E-state index < -0.39 is 0 Å². The number of nitrogens with one attached hydrogen (secondary N) is 2. The van der Waals surface area contributed by atoms with E-state index in [9.17, 15) is 0 Å². The molecule has 7 heteroatoms. The van der Waals surface area contributed by atoms with E-state index in [2.05, 4.69) is 43.5 Å². The summed E-state index contributed by atoms with van der Waals surface area (Å²) in [6.45, 7) is 2.08. The van der Waals surface area contributed by atoms with E-state index in [4.69, 9.17) is 9.47 Å². The number of rotatable bonds is 7. The Balaban J connectivity index is 1.87. The molecule has 0 radical (unpaired) electrons. The molecule has 2 aromatic rings. The van der Waals surface area contributed by atoms with E-state index >= 15 is 0 Å². The first-order chi connectivity index (χ1) is 11.6. The van der Waals surface area contributed by atoms with Gasteiger partial charge in [0.1, 0.15) is 5.82 Å². The maximum Gasteiger partial charge on any atom is 0.229 e. The van der Waals surface area contributed by atoms with Crippen LogP contribution in [0.1, 0.15) is 25.3 Å². The zero-order chi connectivity index (χ0) is 17.1. The van der Waals surface area contributed by atoms with Gasteiger partial charge in [0.15, 0.2) is 11.5 Å². The van der Waals surface area contributed by atoms with Crippen molar-refractivity contribution >= 4 is 33.4 Å². The maximum atomic E-state index is 5.45. The van der Waals surface area contributed by atoms with E-state index in [-0.39, 0.29) is 0 Å². The van der Waals surface area contributed by atoms with Crippen LogP contribution in [0.3, 0.4) is 0 Å². The average Bonchev–Trinajstić information content (AvgIpc) is 3.41. The highest BCUT2D eigenvalue weighted by Gasteiger charge is 2.22. The number of nitrogens with zero attached hydrogens (tertiary/aromatic N) is 2. The molecule has 1 aromatic carbocycles. The number of anilines is 3. The van der Waals surface area contributed by atoms with Gasteiger partial charge in [-0.3, -0.25) is 0 Å². The van der Waals surface area contributed by atoms with Gasteiger partial charge in [-0.25, -0.2) is 4.98 Å². The Morgan fingerprint density at radius 3 is 2.67 bits per heavy atom. The molecule has 1 fully saturated rings. The van der Waals surface area contributed by atoms with E-state index in [1.54, 1.807) is 20.4 Å². The average molecular weight is 393 g/mol. The molecule has 0 saturated heterocycles. The third kappa shape index (κ3) is 3.72. The van der Waals surface area contributed by atoms with E-state index in [0.29, 0.717) is 17.7 Å². The Labute approximate surface area is 150 Å². The Hall–Kier alpha value is -2.02. The zero-order valence-corrected chi connectivity index (χ0v) is 15.6. The molecule has 6 nitrogen and oxygen atoms in total. The van der Waals surface area contributed by atoms with Crippen molar-refractivity contribution in [3.8, 4) is 11.5 Å². The lowest BCUT2D eigenvalue weighted by Crippen LogP contribution is -2.07. The van der Waals surface area contributed by atoms with Crippen LogP contribution in [0.2, 0.25) is 0 Å². The van der Waals surface area contributed by atoms with Crippen LogP contribution in [0, 0.1) is 0 Å². The summed E-state index contributed by atoms with van der Waals surface area (Å²) in [5.41, 5.74) is 1.93. The van der Waals surface area contributed by atoms with Crippen molar-refractivity contribution in [2.75, 3.05) is 24.9 Å². The largest absolute Gasteiger partial charge is 0.493 e. The lowest BCUT2D eigenvalue weighted by Gasteiger charge is -2.15. The topological polar surface area (TPSA) is 68.3 Å². The normalized spacial score (nSPS) is 13.5. The van der Waals surface area contributed by atoms with E-state index in [1.165, 1.54) is 12.8 Å². The summed E-state index contributed by atoms with van der Waals surface area (Å²) in [6, 6.07) is 4.44. The molecule has 128 valence electrons. The van der Waals surface area contributed by atoms with Crippen LogP contribution in [0.25, 0.3) is 0 Å². The highest BCUT2D eigenvalue weighted by atomic mass is 79.9. The summed E-state index contributed by atoms with van der Waals surface area (Å²) in [7, 11) is 3.28. The van der Waals surface area contributed by atoms with Crippen LogP contribution < -0.4 is 20.1 Å². The molecule has 0 spiro atoms. The van der Waals surface area contributed by atoms with Gasteiger partial charge in [-0.15, -0.1) is 0 Å². The maximum absolute atomic E-state index is 5.45. The Morgan fingerprint density at radius 2 is 2.04 bits per heavy atom. The molecule has 2 N–H and O–H groups in total. The van der Waals surface area contributed by atoms with Gasteiger partial charge in [0.25, 0.3) is 0 Å². The van der Waals surface area contributed by atoms with Gasteiger partial charge in [-0.1, -0.05) is 6.92 Å². The van der Waals surface area contributed by atoms with E-state index in [0.717, 1.165) is 33.7 Å². The van der Waals surface area contributed by atoms with Crippen LogP contribution in [0.15, 0.2) is 22.8 Å². The van der Waals surface area contributed by atoms with Crippen LogP contribution in [0.4, 0.5) is 17.5 Å². The fraction of sp³-hybridized carbons (Fsp3) is 0.412. The van der Waals surface area contributed by atoms with Gasteiger partial charge >= 0.3 is 0 Å². The molecule has 0 unspecified atom stereocenters. The van der Waals surface area contributed by atoms with E-state index in [1.807, 2.05) is 12.1 Å². The molecule has 0 amide bonds. The number of hydrogen-bond acceptors (Lipinski definition) is 6. The predicted molar refractivity (Wildman–Crippen MR) is 98.6 cm³/mol. The molecule has 1 saturated carbocycles. The Kier molecular flexibility index (Phi) is 5.08. The zero-order valence-electron chi connectivity index (χ0n) is 14.0. The predicted octanol–water partition coefficient (Wildman–Crippen LogP) is 4.14. The van der Waals surface area contributed by atoms with Crippen molar-refractivity contribution in [1.82, 2.24) is 9.97 Å². The van der Waals surface area contributed by atoms with Gasteiger partial charge < -0.3 is 20.1 Å². The quantitative estimate of drug-likeness (QED) is 0.737. The first-order valence-electron chi connectivity index (χ1n) is 7.95. The molecular weight excluding hydrogens is 372 g/mol. The third-order valence-corrected chi connectivity index (χ3v) is 4.44. The lowest BCUT2D eigenvalue weighted by atomic mass is 10.1. The summed E-state index contributed by atoms with van der Waals surface area (Å²) in [5, 5.41) is 6.64. The first-order valence-corrected chi connectivity index (χ1v) is 8.74. The second-order valence-corrected chi connectivity index (χ2v) is 6.51. The second kappa shape index (κ2) is 7.25. The molecule has 1 aliphatic carbocycles. The number of aromatic nitrogens is 2. The molecule has 1 aliphatic rings. The Bertz CT molecular complexity index is 710. The molecule has 24 heavy (non-hydrogen) atoms. The van der Waals surface area contributed by atoms with Crippen molar-refractivity contribution in [3.63, 3.8) is 0 Å². The van der Waals surface area contributed by atoms with Crippen molar-refractivity contribution < 1.29 is 9.47 Å². The molecule has 1 heterocycles. The van der Waals surface area contributed by atoms with Crippen molar-refractivity contribution in [2.45, 2.75) is 32.2 Å². The van der Waals surface area contributed by atoms with Gasteiger partial charge in [0, 0.05) is 24.0 Å². The fourth-order valence-corrected chi connectivity index (χ4v) is 2.76. The highest BCUT2D eigenvalue weighted by molar-refractivity contribution is 9.10. The minimum atomic E-state index is 0.525. The van der Waals surface area contributed by atoms with Gasteiger partial charge in [-0.05, 0) is 46.8 Å². The highest BCUT2D eigenvalue weighted by Crippen LogP contribution is 2.36. The summed E-state index contributed by atoms with van der Waals surface area (Å²) in [4.78, 5) is 8.88. The number of benzene rings is 1. The molecule has 0 atom stereocenters. The van der Waals surface area contributed by atoms with Crippen LogP contribution in [-0.2, 0) is 6.42 Å². The van der Waals surface area contributed by atoms with Crippen LogP contribution in [-0.4, -0.2) is 30.2 Å². The SMILES string of the molecule is CCc1cc(Nc2ncc(Br)c(NC3CC3)n2)cc(OC)c1OC. The third-order valence-electron chi connectivity index (χ3n) is 3.86. The number of aryl methyl sites for hydroxylation is 1. The van der Waals surface area contributed by atoms with Crippen molar-refractivity contribution in [2.24, 2.45) is 0 Å². The van der Waals surface area contributed by atoms with Crippen molar-refractivity contribution in [3.05, 3.63) is 28.4 Å². The monoisotopic (exact) mass is 392 g/mol. The molecule has 0 bridgehead atoms. The Morgan fingerprint density at radius 1 is 1.25 bits per heavy atom. The summed E-state index contributed by atoms with van der Waals surface area (Å²) < 4.78 is 11.7. The molecule has 3 rings (SSSR count). The standard InChI is InChI=1S/C17H21BrN4O2/c1-4-10-7-12(8-14(23-2)15(10)24-3)21-17-19-9-13(18)16(22-17)20-11-5-6-11/h7-9,11H,4-6H2,1-3H3,(H2,19,20,21,22). The lowest BCUT2D eigenvalue weighted by molar-refractivity contribution is 0.352. The van der Waals surface area contributed by atoms with Crippen LogP contribution >= 0.6 is 15.9 Å². The number of hydrogen-bond donors (Lipinski definition) is 2. The second-order valence-electron chi connectivity index (χ2n) is 5.66. The first kappa shape index (κ1) is 16.8. The summed E-state index contributed by atoms with van der Waals surface area (Å²) in [5.74, 6) is 2.80. The minimum absolute atomic E-state index is 0.525. The minimum Gasteiger partial charge on any atom is -0.493 e. The molecule has 1 aromatic heterocycles.